The Kier molecular flexibility index (Phi) is 1.97. The number of anilines is 1. The lowest BCUT2D eigenvalue weighted by molar-refractivity contribution is 0.340. The van der Waals surface area contributed by atoms with E-state index < -0.39 is 0 Å². The zero-order chi connectivity index (χ0) is 9.26. The van der Waals surface area contributed by atoms with E-state index in [1.807, 2.05) is 37.3 Å². The third kappa shape index (κ3) is 1.52. The van der Waals surface area contributed by atoms with Gasteiger partial charge in [-0.3, -0.25) is 0 Å². The summed E-state index contributed by atoms with van der Waals surface area (Å²) in [6.07, 6.45) is 0.751. The van der Waals surface area contributed by atoms with Gasteiger partial charge >= 0.3 is 0 Å². The van der Waals surface area contributed by atoms with E-state index in [0.717, 1.165) is 17.7 Å². The second-order valence-electron chi connectivity index (χ2n) is 3.40. The van der Waals surface area contributed by atoms with Gasteiger partial charge in [0.25, 0.3) is 0 Å². The van der Waals surface area contributed by atoms with Crippen LogP contribution in [0, 0.1) is 0 Å². The molecule has 1 atom stereocenters. The molecule has 0 saturated carbocycles. The minimum atomic E-state index is 0.322. The molecule has 0 spiro atoms. The van der Waals surface area contributed by atoms with Gasteiger partial charge in [0.05, 0.1) is 11.8 Å². The van der Waals surface area contributed by atoms with E-state index in [2.05, 4.69) is 5.32 Å². The van der Waals surface area contributed by atoms with Crippen molar-refractivity contribution in [2.45, 2.75) is 19.4 Å². The van der Waals surface area contributed by atoms with Crippen molar-refractivity contribution in [3.05, 3.63) is 41.7 Å². The van der Waals surface area contributed by atoms with Crippen LogP contribution in [-0.4, -0.2) is 11.1 Å². The van der Waals surface area contributed by atoms with E-state index >= 15 is 0 Å². The van der Waals surface area contributed by atoms with Gasteiger partial charge in [0.1, 0.15) is 0 Å². The molecule has 0 aliphatic heterocycles. The number of benzene rings is 1. The van der Waals surface area contributed by atoms with Crippen molar-refractivity contribution in [1.82, 2.24) is 0 Å². The van der Waals surface area contributed by atoms with Crippen LogP contribution in [0.3, 0.4) is 0 Å². The van der Waals surface area contributed by atoms with E-state index in [0.29, 0.717) is 11.8 Å². The summed E-state index contributed by atoms with van der Waals surface area (Å²) in [4.78, 5) is 0. The Labute approximate surface area is 77.9 Å². The van der Waals surface area contributed by atoms with Gasteiger partial charge in [0.15, 0.2) is 0 Å². The second-order valence-corrected chi connectivity index (χ2v) is 3.40. The smallest absolute Gasteiger partial charge is 0.0956 e. The highest BCUT2D eigenvalue weighted by Gasteiger charge is 2.25. The first kappa shape index (κ1) is 8.17. The quantitative estimate of drug-likeness (QED) is 0.724. The Morgan fingerprint density at radius 3 is 2.54 bits per heavy atom. The predicted molar refractivity (Wildman–Crippen MR) is 53.8 cm³/mol. The maximum absolute atomic E-state index is 9.20. The van der Waals surface area contributed by atoms with Crippen molar-refractivity contribution in [2.24, 2.45) is 0 Å². The molecule has 0 aromatic heterocycles. The first-order chi connectivity index (χ1) is 6.27. The third-order valence-corrected chi connectivity index (χ3v) is 2.49. The van der Waals surface area contributed by atoms with Crippen LogP contribution in [0.2, 0.25) is 0 Å². The number of hydrogen-bond acceptors (Lipinski definition) is 2. The highest BCUT2D eigenvalue weighted by atomic mass is 16.3. The Hall–Kier alpha value is -1.44. The summed E-state index contributed by atoms with van der Waals surface area (Å²) in [5.74, 6) is 0.536. The standard InChI is InChI=1S/C11H13NO/c1-8-10(7-11(8)13)12-9-5-3-2-4-6-9/h2-6,10,12-13H,7H2,1H3/t10-/m0/s1. The fourth-order valence-corrected chi connectivity index (χ4v) is 1.47. The molecular formula is C11H13NO. The topological polar surface area (TPSA) is 32.3 Å². The summed E-state index contributed by atoms with van der Waals surface area (Å²) in [6.45, 7) is 1.96. The van der Waals surface area contributed by atoms with Gasteiger partial charge in [0, 0.05) is 12.1 Å². The Balaban J connectivity index is 2.02. The molecule has 1 aromatic rings. The van der Waals surface area contributed by atoms with Crippen LogP contribution in [0.15, 0.2) is 41.7 Å². The summed E-state index contributed by atoms with van der Waals surface area (Å²) >= 11 is 0. The largest absolute Gasteiger partial charge is 0.512 e. The minimum absolute atomic E-state index is 0.322. The van der Waals surface area contributed by atoms with Crippen molar-refractivity contribution >= 4 is 5.69 Å². The lowest BCUT2D eigenvalue weighted by atomic mass is 9.91. The fourth-order valence-electron chi connectivity index (χ4n) is 1.47. The zero-order valence-corrected chi connectivity index (χ0v) is 7.62. The highest BCUT2D eigenvalue weighted by Crippen LogP contribution is 2.28. The molecule has 2 nitrogen and oxygen atoms in total. The van der Waals surface area contributed by atoms with Gasteiger partial charge < -0.3 is 10.4 Å². The maximum atomic E-state index is 9.20. The molecule has 13 heavy (non-hydrogen) atoms. The molecule has 68 valence electrons. The van der Waals surface area contributed by atoms with E-state index in [1.165, 1.54) is 0 Å². The third-order valence-electron chi connectivity index (χ3n) is 2.49. The van der Waals surface area contributed by atoms with E-state index in [-0.39, 0.29) is 0 Å². The van der Waals surface area contributed by atoms with E-state index in [9.17, 15) is 5.11 Å². The molecule has 1 aliphatic rings. The van der Waals surface area contributed by atoms with E-state index in [1.54, 1.807) is 0 Å². The SMILES string of the molecule is CC1=C(O)C[C@@H]1Nc1ccccc1. The highest BCUT2D eigenvalue weighted by molar-refractivity contribution is 5.47. The normalized spacial score (nSPS) is 21.2. The molecule has 1 aromatic carbocycles. The fraction of sp³-hybridized carbons (Fsp3) is 0.273. The summed E-state index contributed by atoms with van der Waals surface area (Å²) in [7, 11) is 0. The monoisotopic (exact) mass is 175 g/mol. The summed E-state index contributed by atoms with van der Waals surface area (Å²) in [5.41, 5.74) is 2.17. The molecule has 0 heterocycles. The molecule has 2 N–H and O–H groups in total. The Morgan fingerprint density at radius 1 is 1.31 bits per heavy atom. The zero-order valence-electron chi connectivity index (χ0n) is 7.62. The van der Waals surface area contributed by atoms with Gasteiger partial charge in [-0.2, -0.15) is 0 Å². The molecule has 0 unspecified atom stereocenters. The molecule has 0 saturated heterocycles. The van der Waals surface area contributed by atoms with Crippen molar-refractivity contribution in [3.63, 3.8) is 0 Å². The Bertz CT molecular complexity index is 329. The molecule has 0 radical (unpaired) electrons. The lowest BCUT2D eigenvalue weighted by Gasteiger charge is -2.29. The molecule has 1 aliphatic carbocycles. The number of nitrogens with one attached hydrogen (secondary N) is 1. The summed E-state index contributed by atoms with van der Waals surface area (Å²) < 4.78 is 0. The van der Waals surface area contributed by atoms with Gasteiger partial charge in [-0.05, 0) is 24.6 Å². The average Bonchev–Trinajstić information content (AvgIpc) is 2.19. The molecular weight excluding hydrogens is 162 g/mol. The van der Waals surface area contributed by atoms with Gasteiger partial charge in [-0.1, -0.05) is 18.2 Å². The first-order valence-corrected chi connectivity index (χ1v) is 4.47. The van der Waals surface area contributed by atoms with Gasteiger partial charge in [-0.15, -0.1) is 0 Å². The second kappa shape index (κ2) is 3.13. The molecule has 2 heteroatoms. The lowest BCUT2D eigenvalue weighted by Crippen LogP contribution is -2.30. The predicted octanol–water partition coefficient (Wildman–Crippen LogP) is 2.70. The summed E-state index contributed by atoms with van der Waals surface area (Å²) in [5, 5.41) is 12.5. The van der Waals surface area contributed by atoms with Crippen molar-refractivity contribution in [3.8, 4) is 0 Å². The molecule has 0 fully saturated rings. The minimum Gasteiger partial charge on any atom is -0.512 e. The van der Waals surface area contributed by atoms with Crippen LogP contribution in [0.4, 0.5) is 5.69 Å². The van der Waals surface area contributed by atoms with Crippen molar-refractivity contribution in [2.75, 3.05) is 5.32 Å². The van der Waals surface area contributed by atoms with Crippen LogP contribution in [0.5, 0.6) is 0 Å². The van der Waals surface area contributed by atoms with Crippen molar-refractivity contribution < 1.29 is 5.11 Å². The number of aliphatic hydroxyl groups excluding tert-OH is 1. The number of para-hydroxylation sites is 1. The van der Waals surface area contributed by atoms with Crippen LogP contribution in [0.1, 0.15) is 13.3 Å². The maximum Gasteiger partial charge on any atom is 0.0956 e. The Morgan fingerprint density at radius 2 is 2.00 bits per heavy atom. The van der Waals surface area contributed by atoms with Crippen LogP contribution in [0.25, 0.3) is 0 Å². The average molecular weight is 175 g/mol. The summed E-state index contributed by atoms with van der Waals surface area (Å²) in [6, 6.07) is 10.4. The molecule has 2 rings (SSSR count). The number of aliphatic hydroxyl groups is 1. The van der Waals surface area contributed by atoms with Crippen molar-refractivity contribution in [1.29, 1.82) is 0 Å². The van der Waals surface area contributed by atoms with Crippen LogP contribution >= 0.6 is 0 Å². The van der Waals surface area contributed by atoms with Gasteiger partial charge in [-0.25, -0.2) is 0 Å². The van der Waals surface area contributed by atoms with Gasteiger partial charge in [0.2, 0.25) is 0 Å². The van der Waals surface area contributed by atoms with Crippen LogP contribution < -0.4 is 5.32 Å². The van der Waals surface area contributed by atoms with E-state index in [4.69, 9.17) is 0 Å². The van der Waals surface area contributed by atoms with Crippen LogP contribution in [-0.2, 0) is 0 Å². The first-order valence-electron chi connectivity index (χ1n) is 4.47. The number of hydrogen-bond donors (Lipinski definition) is 2. The molecule has 0 amide bonds. The molecule has 0 bridgehead atoms. The number of rotatable bonds is 2.